The molecule has 0 heterocycles. The molecule has 0 aliphatic carbocycles. The Kier molecular flexibility index (Phi) is 4.61. The lowest BCUT2D eigenvalue weighted by atomic mass is 9.87. The Hall–Kier alpha value is -0.810. The number of hydrogen-bond donors (Lipinski definition) is 0. The summed E-state index contributed by atoms with van der Waals surface area (Å²) < 4.78 is 27.7. The Balaban J connectivity index is 3.39. The van der Waals surface area contributed by atoms with Crippen molar-refractivity contribution in [2.75, 3.05) is 14.1 Å². The SMILES string of the molecule is CCC(C)(C(=O)c1c(F)ccc(Br)c1F)N(C)C. The summed E-state index contributed by atoms with van der Waals surface area (Å²) in [4.78, 5) is 14.1. The lowest BCUT2D eigenvalue weighted by Gasteiger charge is -2.34. The van der Waals surface area contributed by atoms with Crippen LogP contribution in [0.25, 0.3) is 0 Å². The highest BCUT2D eigenvalue weighted by Crippen LogP contribution is 2.28. The zero-order valence-electron chi connectivity index (χ0n) is 10.9. The van der Waals surface area contributed by atoms with Crippen LogP contribution >= 0.6 is 15.9 Å². The van der Waals surface area contributed by atoms with Crippen molar-refractivity contribution >= 4 is 21.7 Å². The second-order valence-electron chi connectivity index (χ2n) is 4.57. The highest BCUT2D eigenvalue weighted by atomic mass is 79.9. The zero-order valence-corrected chi connectivity index (χ0v) is 12.4. The number of halogens is 3. The Morgan fingerprint density at radius 1 is 1.39 bits per heavy atom. The number of carbonyl (C=O) groups excluding carboxylic acids is 1. The van der Waals surface area contributed by atoms with E-state index in [1.807, 2.05) is 6.92 Å². The van der Waals surface area contributed by atoms with Gasteiger partial charge in [0, 0.05) is 0 Å². The molecule has 1 rings (SSSR count). The molecule has 1 unspecified atom stereocenters. The van der Waals surface area contributed by atoms with Gasteiger partial charge in [-0.3, -0.25) is 9.69 Å². The lowest BCUT2D eigenvalue weighted by Crippen LogP contribution is -2.48. The molecule has 1 aromatic carbocycles. The van der Waals surface area contributed by atoms with Gasteiger partial charge in [-0.2, -0.15) is 0 Å². The van der Waals surface area contributed by atoms with Crippen LogP contribution in [-0.4, -0.2) is 30.3 Å². The molecule has 0 spiro atoms. The number of likely N-dealkylation sites (N-methyl/N-ethyl adjacent to an activating group) is 1. The average Bonchev–Trinajstić information content (AvgIpc) is 2.32. The quantitative estimate of drug-likeness (QED) is 0.624. The van der Waals surface area contributed by atoms with Crippen LogP contribution < -0.4 is 0 Å². The first-order chi connectivity index (χ1) is 8.25. The normalized spacial score (nSPS) is 14.7. The lowest BCUT2D eigenvalue weighted by molar-refractivity contribution is 0.0701. The zero-order chi connectivity index (χ0) is 14.1. The minimum atomic E-state index is -0.928. The van der Waals surface area contributed by atoms with Gasteiger partial charge in [0.1, 0.15) is 5.82 Å². The van der Waals surface area contributed by atoms with Gasteiger partial charge in [0.25, 0.3) is 0 Å². The molecule has 5 heteroatoms. The predicted octanol–water partition coefficient (Wildman–Crippen LogP) is 3.64. The maximum Gasteiger partial charge on any atom is 0.188 e. The van der Waals surface area contributed by atoms with Gasteiger partial charge >= 0.3 is 0 Å². The summed E-state index contributed by atoms with van der Waals surface area (Å²) in [5, 5.41) is 0. The molecule has 0 aromatic heterocycles. The largest absolute Gasteiger partial charge is 0.297 e. The second-order valence-corrected chi connectivity index (χ2v) is 5.42. The standard InChI is InChI=1S/C13H16BrF2NO/c1-5-13(2,17(3)4)12(18)10-9(15)7-6-8(14)11(10)16/h6-7H,5H2,1-4H3. The first kappa shape index (κ1) is 15.2. The van der Waals surface area contributed by atoms with E-state index in [2.05, 4.69) is 15.9 Å². The number of rotatable bonds is 4. The molecular formula is C13H16BrF2NO. The predicted molar refractivity (Wildman–Crippen MR) is 70.8 cm³/mol. The third-order valence-corrected chi connectivity index (χ3v) is 4.05. The first-order valence-corrected chi connectivity index (χ1v) is 6.40. The molecule has 0 aliphatic heterocycles. The topological polar surface area (TPSA) is 20.3 Å². The summed E-state index contributed by atoms with van der Waals surface area (Å²) in [5.74, 6) is -2.23. The number of benzene rings is 1. The van der Waals surface area contributed by atoms with Gasteiger partial charge in [0.05, 0.1) is 15.6 Å². The van der Waals surface area contributed by atoms with E-state index in [0.29, 0.717) is 6.42 Å². The molecule has 1 atom stereocenters. The molecular weight excluding hydrogens is 304 g/mol. The van der Waals surface area contributed by atoms with E-state index in [9.17, 15) is 13.6 Å². The van der Waals surface area contributed by atoms with Crippen LogP contribution in [0.15, 0.2) is 16.6 Å². The van der Waals surface area contributed by atoms with Gasteiger partial charge in [0.2, 0.25) is 0 Å². The summed E-state index contributed by atoms with van der Waals surface area (Å²) in [7, 11) is 3.43. The van der Waals surface area contributed by atoms with Crippen molar-refractivity contribution in [2.24, 2.45) is 0 Å². The van der Waals surface area contributed by atoms with E-state index in [1.54, 1.807) is 25.9 Å². The number of nitrogens with zero attached hydrogens (tertiary/aromatic N) is 1. The fourth-order valence-electron chi connectivity index (χ4n) is 1.68. The third-order valence-electron chi connectivity index (χ3n) is 3.44. The molecule has 100 valence electrons. The molecule has 0 bridgehead atoms. The minimum absolute atomic E-state index is 0.0875. The smallest absolute Gasteiger partial charge is 0.188 e. The molecule has 18 heavy (non-hydrogen) atoms. The summed E-state index contributed by atoms with van der Waals surface area (Å²) in [5.41, 5.74) is -1.41. The molecule has 1 aromatic rings. The van der Waals surface area contributed by atoms with Crippen molar-refractivity contribution < 1.29 is 13.6 Å². The Bertz CT molecular complexity index is 476. The maximum atomic E-state index is 13.9. The van der Waals surface area contributed by atoms with Gasteiger partial charge in [-0.15, -0.1) is 0 Å². The maximum absolute atomic E-state index is 13.9. The molecule has 0 aliphatic rings. The van der Waals surface area contributed by atoms with Crippen LogP contribution in [0.2, 0.25) is 0 Å². The molecule has 0 radical (unpaired) electrons. The van der Waals surface area contributed by atoms with Crippen LogP contribution in [0.3, 0.4) is 0 Å². The highest BCUT2D eigenvalue weighted by Gasteiger charge is 2.37. The molecule has 0 N–H and O–H groups in total. The van der Waals surface area contributed by atoms with E-state index in [4.69, 9.17) is 0 Å². The Labute approximate surface area is 114 Å². The first-order valence-electron chi connectivity index (χ1n) is 5.61. The summed E-state index contributed by atoms with van der Waals surface area (Å²) >= 11 is 2.97. The monoisotopic (exact) mass is 319 g/mol. The van der Waals surface area contributed by atoms with Gasteiger partial charge in [-0.05, 0) is 55.5 Å². The van der Waals surface area contributed by atoms with Crippen molar-refractivity contribution in [3.63, 3.8) is 0 Å². The van der Waals surface area contributed by atoms with Crippen molar-refractivity contribution in [2.45, 2.75) is 25.8 Å². The van der Waals surface area contributed by atoms with Gasteiger partial charge in [-0.25, -0.2) is 8.78 Å². The van der Waals surface area contributed by atoms with E-state index in [1.165, 1.54) is 6.07 Å². The van der Waals surface area contributed by atoms with Gasteiger partial charge in [-0.1, -0.05) is 6.92 Å². The molecule has 0 saturated heterocycles. The number of ketones is 1. The number of carbonyl (C=O) groups is 1. The third kappa shape index (κ3) is 2.47. The minimum Gasteiger partial charge on any atom is -0.297 e. The van der Waals surface area contributed by atoms with Crippen LogP contribution in [0.4, 0.5) is 8.78 Å². The fourth-order valence-corrected chi connectivity index (χ4v) is 2.01. The Morgan fingerprint density at radius 3 is 2.39 bits per heavy atom. The average molecular weight is 320 g/mol. The van der Waals surface area contributed by atoms with E-state index in [-0.39, 0.29) is 4.47 Å². The summed E-state index contributed by atoms with van der Waals surface area (Å²) in [6.45, 7) is 3.49. The van der Waals surface area contributed by atoms with Crippen LogP contribution in [0.1, 0.15) is 30.6 Å². The summed E-state index contributed by atoms with van der Waals surface area (Å²) in [6, 6.07) is 2.34. The van der Waals surface area contributed by atoms with E-state index >= 15 is 0 Å². The van der Waals surface area contributed by atoms with Crippen molar-refractivity contribution in [3.05, 3.63) is 33.8 Å². The second kappa shape index (κ2) is 5.45. The van der Waals surface area contributed by atoms with Crippen LogP contribution in [-0.2, 0) is 0 Å². The molecule has 0 saturated carbocycles. The number of hydrogen-bond acceptors (Lipinski definition) is 2. The Morgan fingerprint density at radius 2 is 1.94 bits per heavy atom. The van der Waals surface area contributed by atoms with E-state index in [0.717, 1.165) is 6.07 Å². The summed E-state index contributed by atoms with van der Waals surface area (Å²) in [6.07, 6.45) is 0.463. The molecule has 0 fully saturated rings. The van der Waals surface area contributed by atoms with Crippen molar-refractivity contribution in [1.29, 1.82) is 0 Å². The van der Waals surface area contributed by atoms with Crippen LogP contribution in [0.5, 0.6) is 0 Å². The van der Waals surface area contributed by atoms with Gasteiger partial charge in [0.15, 0.2) is 11.6 Å². The van der Waals surface area contributed by atoms with Crippen molar-refractivity contribution in [1.82, 2.24) is 4.90 Å². The van der Waals surface area contributed by atoms with Crippen LogP contribution in [0, 0.1) is 11.6 Å². The highest BCUT2D eigenvalue weighted by molar-refractivity contribution is 9.10. The van der Waals surface area contributed by atoms with Gasteiger partial charge < -0.3 is 0 Å². The fraction of sp³-hybridized carbons (Fsp3) is 0.462. The molecule has 0 amide bonds. The van der Waals surface area contributed by atoms with E-state index < -0.39 is 28.5 Å². The van der Waals surface area contributed by atoms with Crippen molar-refractivity contribution in [3.8, 4) is 0 Å². The molecule has 2 nitrogen and oxygen atoms in total. The number of Topliss-reactive ketones (excluding diaryl/α,β-unsaturated/α-hetero) is 1.